The topological polar surface area (TPSA) is 82.5 Å². The molecule has 2 N–H and O–H groups in total. The van der Waals surface area contributed by atoms with Gasteiger partial charge in [-0.05, 0) is 72.2 Å². The number of rotatable bonds is 4. The fraction of sp³-hybridized carbons (Fsp3) is 0.485. The van der Waals surface area contributed by atoms with Crippen molar-refractivity contribution in [1.29, 1.82) is 0 Å². The second kappa shape index (κ2) is 16.6. The minimum absolute atomic E-state index is 0.265. The molecule has 3 fully saturated rings. The van der Waals surface area contributed by atoms with Crippen molar-refractivity contribution in [3.63, 3.8) is 0 Å². The standard InChI is InChI=1S/C27H26F3N3O3.C4H8.C2H6.I2/c28-27(29,30)20-3-1-17(2-4-20)16-33-11-9-26(36,10-12-33)21-5-7-23-18(14-21)13-19(15-31-23)22-6-8-24(34)32-25(22)35;1-4-2-3-4;2*1-2/h1-5,7,13-15,22,36H,6,8-12,16H2,(H,32,34,35);4H,2-3H2,1H3;1-2H3;. The number of aliphatic hydroxyl groups is 1. The van der Waals surface area contributed by atoms with Crippen LogP contribution in [0.2, 0.25) is 0 Å². The number of imide groups is 1. The molecular formula is C33H40F3I2N3O3. The number of pyridine rings is 1. The number of nitrogens with one attached hydrogen (secondary N) is 1. The van der Waals surface area contributed by atoms with Gasteiger partial charge in [-0.25, -0.2) is 0 Å². The predicted octanol–water partition coefficient (Wildman–Crippen LogP) is 8.47. The predicted molar refractivity (Wildman–Crippen MR) is 185 cm³/mol. The number of hydrogen-bond donors (Lipinski definition) is 2. The number of fused-ring (bicyclic) bond motifs is 1. The number of aromatic nitrogens is 1. The third kappa shape index (κ3) is 10.1. The van der Waals surface area contributed by atoms with Gasteiger partial charge in [0, 0.05) is 74.9 Å². The van der Waals surface area contributed by atoms with E-state index in [0.29, 0.717) is 38.9 Å². The van der Waals surface area contributed by atoms with Gasteiger partial charge in [0.05, 0.1) is 22.6 Å². The molecule has 1 aliphatic carbocycles. The monoisotopic (exact) mass is 837 g/mol. The Morgan fingerprint density at radius 3 is 2.16 bits per heavy atom. The third-order valence-corrected chi connectivity index (χ3v) is 8.12. The zero-order valence-corrected chi connectivity index (χ0v) is 29.6. The van der Waals surface area contributed by atoms with Crippen LogP contribution in [0.3, 0.4) is 0 Å². The number of carbonyl (C=O) groups excluding carboxylic acids is 2. The van der Waals surface area contributed by atoms with E-state index in [0.717, 1.165) is 45.6 Å². The molecule has 3 heterocycles. The SMILES string of the molecule is CC.CC1CC1.II.O=C1CCC(c2cnc3ccc(C4(O)CCN(Cc5ccc(C(F)(F)F)cc5)CC4)cc3c2)C(=O)N1. The Morgan fingerprint density at radius 1 is 1.00 bits per heavy atom. The van der Waals surface area contributed by atoms with Gasteiger partial charge in [-0.2, -0.15) is 13.2 Å². The number of nitrogens with zero attached hydrogens (tertiary/aromatic N) is 2. The van der Waals surface area contributed by atoms with E-state index in [9.17, 15) is 27.9 Å². The highest BCUT2D eigenvalue weighted by Crippen LogP contribution is 2.36. The van der Waals surface area contributed by atoms with Gasteiger partial charge in [0.25, 0.3) is 0 Å². The van der Waals surface area contributed by atoms with E-state index in [1.807, 2.05) is 38.1 Å². The van der Waals surface area contributed by atoms with Crippen molar-refractivity contribution in [2.45, 2.75) is 83.5 Å². The molecule has 3 aliphatic rings. The maximum absolute atomic E-state index is 12.8. The van der Waals surface area contributed by atoms with Crippen LogP contribution in [0, 0.1) is 5.92 Å². The summed E-state index contributed by atoms with van der Waals surface area (Å²) in [5.41, 5.74) is 1.36. The lowest BCUT2D eigenvalue weighted by Crippen LogP contribution is -2.42. The second-order valence-electron chi connectivity index (χ2n) is 11.4. The van der Waals surface area contributed by atoms with Crippen molar-refractivity contribution in [1.82, 2.24) is 15.2 Å². The maximum Gasteiger partial charge on any atom is 0.416 e. The smallest absolute Gasteiger partial charge is 0.385 e. The Morgan fingerprint density at radius 2 is 1.61 bits per heavy atom. The van der Waals surface area contributed by atoms with Gasteiger partial charge in [-0.3, -0.25) is 24.8 Å². The first-order valence-electron chi connectivity index (χ1n) is 15.0. The molecule has 0 radical (unpaired) electrons. The van der Waals surface area contributed by atoms with Gasteiger partial charge < -0.3 is 5.11 Å². The van der Waals surface area contributed by atoms with Crippen LogP contribution in [0.25, 0.3) is 10.9 Å². The van der Waals surface area contributed by atoms with E-state index in [1.165, 1.54) is 25.0 Å². The molecule has 11 heteroatoms. The number of alkyl halides is 3. The van der Waals surface area contributed by atoms with Crippen molar-refractivity contribution in [2.24, 2.45) is 5.92 Å². The first-order chi connectivity index (χ1) is 21.0. The fourth-order valence-corrected chi connectivity index (χ4v) is 5.23. The summed E-state index contributed by atoms with van der Waals surface area (Å²) < 4.78 is 38.4. The molecule has 1 saturated carbocycles. The van der Waals surface area contributed by atoms with Crippen LogP contribution in [-0.2, 0) is 27.9 Å². The van der Waals surface area contributed by atoms with Crippen LogP contribution >= 0.6 is 37.2 Å². The molecule has 2 saturated heterocycles. The summed E-state index contributed by atoms with van der Waals surface area (Å²) in [6.07, 6.45) is 1.99. The summed E-state index contributed by atoms with van der Waals surface area (Å²) >= 11 is 4.24. The summed E-state index contributed by atoms with van der Waals surface area (Å²) in [4.78, 5) is 30.3. The second-order valence-corrected chi connectivity index (χ2v) is 11.4. The van der Waals surface area contributed by atoms with Crippen LogP contribution < -0.4 is 5.32 Å². The number of halogens is 5. The molecular weight excluding hydrogens is 797 g/mol. The molecule has 1 atom stereocenters. The van der Waals surface area contributed by atoms with Gasteiger partial charge in [-0.1, -0.05) is 51.8 Å². The highest BCUT2D eigenvalue weighted by atomic mass is 128. The molecule has 2 aliphatic heterocycles. The number of hydrogen-bond acceptors (Lipinski definition) is 5. The van der Waals surface area contributed by atoms with E-state index in [1.54, 1.807) is 6.20 Å². The van der Waals surface area contributed by atoms with Crippen molar-refractivity contribution >= 4 is 59.9 Å². The molecule has 0 spiro atoms. The van der Waals surface area contributed by atoms with Crippen LogP contribution in [0.4, 0.5) is 13.2 Å². The van der Waals surface area contributed by atoms with E-state index in [-0.39, 0.29) is 18.2 Å². The molecule has 3 aromatic rings. The highest BCUT2D eigenvalue weighted by Gasteiger charge is 2.35. The van der Waals surface area contributed by atoms with Crippen molar-refractivity contribution < 1.29 is 27.9 Å². The molecule has 1 unspecified atom stereocenters. The molecule has 2 amide bonds. The number of piperidine rings is 2. The normalized spacial score (nSPS) is 19.8. The molecule has 0 bridgehead atoms. The maximum atomic E-state index is 12.8. The summed E-state index contributed by atoms with van der Waals surface area (Å²) in [7, 11) is 0. The minimum atomic E-state index is -4.35. The zero-order valence-electron chi connectivity index (χ0n) is 25.3. The molecule has 6 rings (SSSR count). The molecule has 240 valence electrons. The lowest BCUT2D eigenvalue weighted by Gasteiger charge is -2.38. The average molecular weight is 838 g/mol. The highest BCUT2D eigenvalue weighted by molar-refractivity contribution is 15.0. The Bertz CT molecular complexity index is 1390. The number of amides is 2. The summed E-state index contributed by atoms with van der Waals surface area (Å²) in [5.74, 6) is 0.0709. The largest absolute Gasteiger partial charge is 0.416 e. The first-order valence-corrected chi connectivity index (χ1v) is 21.3. The molecule has 2 aromatic carbocycles. The van der Waals surface area contributed by atoms with Crippen LogP contribution in [0.15, 0.2) is 54.7 Å². The Balaban J connectivity index is 0.000000592. The number of benzene rings is 2. The molecule has 6 nitrogen and oxygen atoms in total. The lowest BCUT2D eigenvalue weighted by atomic mass is 9.83. The number of carbonyl (C=O) groups is 2. The van der Waals surface area contributed by atoms with Gasteiger partial charge in [-0.15, -0.1) is 0 Å². The van der Waals surface area contributed by atoms with Crippen molar-refractivity contribution in [3.8, 4) is 0 Å². The van der Waals surface area contributed by atoms with Crippen LogP contribution in [0.5, 0.6) is 0 Å². The van der Waals surface area contributed by atoms with E-state index < -0.39 is 23.3 Å². The Kier molecular flexibility index (Phi) is 13.9. The van der Waals surface area contributed by atoms with E-state index in [4.69, 9.17) is 0 Å². The van der Waals surface area contributed by atoms with E-state index in [2.05, 4.69) is 59.4 Å². The third-order valence-electron chi connectivity index (χ3n) is 8.12. The summed E-state index contributed by atoms with van der Waals surface area (Å²) in [6.45, 7) is 8.00. The van der Waals surface area contributed by atoms with Crippen LogP contribution in [0.1, 0.15) is 87.5 Å². The molecule has 44 heavy (non-hydrogen) atoms. The fourth-order valence-electron chi connectivity index (χ4n) is 5.23. The van der Waals surface area contributed by atoms with Gasteiger partial charge >= 0.3 is 6.18 Å². The van der Waals surface area contributed by atoms with Gasteiger partial charge in [0.15, 0.2) is 0 Å². The Hall–Kier alpha value is -1.84. The van der Waals surface area contributed by atoms with Crippen LogP contribution in [-0.4, -0.2) is 39.9 Å². The van der Waals surface area contributed by atoms with Gasteiger partial charge in [0.2, 0.25) is 11.8 Å². The van der Waals surface area contributed by atoms with Gasteiger partial charge in [0.1, 0.15) is 0 Å². The summed E-state index contributed by atoms with van der Waals surface area (Å²) in [6, 6.07) is 12.7. The van der Waals surface area contributed by atoms with E-state index >= 15 is 0 Å². The molecule has 1 aromatic heterocycles. The Labute approximate surface area is 280 Å². The van der Waals surface area contributed by atoms with Crippen molar-refractivity contribution in [2.75, 3.05) is 13.1 Å². The lowest BCUT2D eigenvalue weighted by molar-refractivity contribution is -0.138. The average Bonchev–Trinajstić information content (AvgIpc) is 3.82. The number of likely N-dealkylation sites (tertiary alicyclic amines) is 1. The quantitative estimate of drug-likeness (QED) is 0.204. The first kappa shape index (κ1) is 36.6. The summed E-state index contributed by atoms with van der Waals surface area (Å²) in [5, 5.41) is 14.6. The van der Waals surface area contributed by atoms with Crippen molar-refractivity contribution in [3.05, 3.63) is 77.0 Å². The minimum Gasteiger partial charge on any atom is -0.385 e. The zero-order chi connectivity index (χ0) is 32.5.